The van der Waals surface area contributed by atoms with Crippen LogP contribution in [0.3, 0.4) is 0 Å². The van der Waals surface area contributed by atoms with Gasteiger partial charge in [-0.05, 0) is 30.0 Å². The van der Waals surface area contributed by atoms with Crippen LogP contribution in [0.4, 0.5) is 0 Å². The topological polar surface area (TPSA) is 18.5 Å². The van der Waals surface area contributed by atoms with Crippen molar-refractivity contribution in [3.63, 3.8) is 0 Å². The zero-order valence-electron chi connectivity index (χ0n) is 11.7. The summed E-state index contributed by atoms with van der Waals surface area (Å²) in [6.07, 6.45) is 3.56. The molecule has 0 amide bonds. The molecule has 1 aromatic rings. The minimum absolute atomic E-state index is 0.163. The molecule has 1 atom stereocenters. The molecule has 0 N–H and O–H groups in total. The standard InChI is InChI=1S/C16H24O2/c1-5-14-8-7-9-15(12-14)18-16(6-2)17-11-10-13(3)4/h5,7-9,12-13,16H,1,6,10-11H2,2-4H3. The fourth-order valence-corrected chi connectivity index (χ4v) is 1.54. The molecule has 0 fully saturated rings. The highest BCUT2D eigenvalue weighted by Crippen LogP contribution is 2.17. The van der Waals surface area contributed by atoms with Gasteiger partial charge in [-0.2, -0.15) is 0 Å². The first-order valence-electron chi connectivity index (χ1n) is 6.66. The van der Waals surface area contributed by atoms with E-state index in [1.807, 2.05) is 30.3 Å². The van der Waals surface area contributed by atoms with Crippen LogP contribution in [-0.2, 0) is 4.74 Å². The van der Waals surface area contributed by atoms with Crippen LogP contribution in [0.1, 0.15) is 39.2 Å². The summed E-state index contributed by atoms with van der Waals surface area (Å²) in [5, 5.41) is 0. The third-order valence-electron chi connectivity index (χ3n) is 2.69. The number of ether oxygens (including phenoxy) is 2. The summed E-state index contributed by atoms with van der Waals surface area (Å²) < 4.78 is 11.5. The minimum atomic E-state index is -0.163. The van der Waals surface area contributed by atoms with Gasteiger partial charge in [-0.1, -0.05) is 45.6 Å². The summed E-state index contributed by atoms with van der Waals surface area (Å²) in [5.41, 5.74) is 1.06. The van der Waals surface area contributed by atoms with Gasteiger partial charge in [0.15, 0.2) is 6.29 Å². The molecule has 0 bridgehead atoms. The van der Waals surface area contributed by atoms with Crippen molar-refractivity contribution in [3.8, 4) is 5.75 Å². The molecule has 0 spiro atoms. The van der Waals surface area contributed by atoms with E-state index < -0.39 is 0 Å². The van der Waals surface area contributed by atoms with E-state index in [0.29, 0.717) is 5.92 Å². The largest absolute Gasteiger partial charge is 0.465 e. The number of benzene rings is 1. The number of hydrogen-bond donors (Lipinski definition) is 0. The molecule has 0 saturated heterocycles. The molecule has 0 aliphatic carbocycles. The Labute approximate surface area is 111 Å². The Morgan fingerprint density at radius 3 is 2.72 bits per heavy atom. The fourth-order valence-electron chi connectivity index (χ4n) is 1.54. The summed E-state index contributed by atoms with van der Waals surface area (Å²) in [6, 6.07) is 7.89. The molecule has 2 nitrogen and oxygen atoms in total. The second-order valence-corrected chi connectivity index (χ2v) is 4.79. The van der Waals surface area contributed by atoms with Crippen LogP contribution in [-0.4, -0.2) is 12.9 Å². The quantitative estimate of drug-likeness (QED) is 0.630. The first kappa shape index (κ1) is 14.8. The number of hydrogen-bond acceptors (Lipinski definition) is 2. The van der Waals surface area contributed by atoms with Gasteiger partial charge in [0.25, 0.3) is 0 Å². The lowest BCUT2D eigenvalue weighted by molar-refractivity contribution is -0.0842. The van der Waals surface area contributed by atoms with E-state index in [-0.39, 0.29) is 6.29 Å². The molecular formula is C16H24O2. The number of rotatable bonds is 8. The third-order valence-corrected chi connectivity index (χ3v) is 2.69. The Kier molecular flexibility index (Phi) is 6.51. The Morgan fingerprint density at radius 2 is 2.11 bits per heavy atom. The molecule has 1 aromatic carbocycles. The summed E-state index contributed by atoms with van der Waals surface area (Å²) in [6.45, 7) is 11.0. The second-order valence-electron chi connectivity index (χ2n) is 4.79. The SMILES string of the molecule is C=Cc1cccc(OC(CC)OCCC(C)C)c1. The van der Waals surface area contributed by atoms with Crippen molar-refractivity contribution in [2.75, 3.05) is 6.61 Å². The van der Waals surface area contributed by atoms with Gasteiger partial charge < -0.3 is 9.47 Å². The Balaban J connectivity index is 2.48. The maximum atomic E-state index is 5.82. The molecule has 1 unspecified atom stereocenters. The molecule has 0 aromatic heterocycles. The first-order chi connectivity index (χ1) is 8.65. The van der Waals surface area contributed by atoms with Gasteiger partial charge in [0, 0.05) is 6.42 Å². The summed E-state index contributed by atoms with van der Waals surface area (Å²) in [7, 11) is 0. The maximum Gasteiger partial charge on any atom is 0.199 e. The Morgan fingerprint density at radius 1 is 1.33 bits per heavy atom. The van der Waals surface area contributed by atoms with Crippen molar-refractivity contribution in [3.05, 3.63) is 36.4 Å². The van der Waals surface area contributed by atoms with Crippen LogP contribution < -0.4 is 4.74 Å². The van der Waals surface area contributed by atoms with E-state index in [0.717, 1.165) is 30.8 Å². The summed E-state index contributed by atoms with van der Waals surface area (Å²) in [4.78, 5) is 0. The van der Waals surface area contributed by atoms with Crippen LogP contribution in [0.25, 0.3) is 6.08 Å². The van der Waals surface area contributed by atoms with Crippen molar-refractivity contribution in [2.45, 2.75) is 39.9 Å². The predicted octanol–water partition coefficient (Wildman–Crippen LogP) is 4.51. The summed E-state index contributed by atoms with van der Waals surface area (Å²) in [5.74, 6) is 1.50. The maximum absolute atomic E-state index is 5.82. The van der Waals surface area contributed by atoms with Crippen LogP contribution in [0, 0.1) is 5.92 Å². The van der Waals surface area contributed by atoms with Gasteiger partial charge >= 0.3 is 0 Å². The Bertz CT molecular complexity index is 358. The van der Waals surface area contributed by atoms with Crippen molar-refractivity contribution >= 4 is 6.08 Å². The van der Waals surface area contributed by atoms with E-state index in [2.05, 4.69) is 27.4 Å². The van der Waals surface area contributed by atoms with Crippen LogP contribution >= 0.6 is 0 Å². The molecule has 2 heteroatoms. The zero-order valence-corrected chi connectivity index (χ0v) is 11.7. The van der Waals surface area contributed by atoms with Gasteiger partial charge in [0.2, 0.25) is 0 Å². The molecule has 100 valence electrons. The molecule has 0 saturated carbocycles. The van der Waals surface area contributed by atoms with E-state index in [9.17, 15) is 0 Å². The molecular weight excluding hydrogens is 224 g/mol. The first-order valence-corrected chi connectivity index (χ1v) is 6.66. The Hall–Kier alpha value is -1.28. The average molecular weight is 248 g/mol. The highest BCUT2D eigenvalue weighted by molar-refractivity contribution is 5.49. The second kappa shape index (κ2) is 7.93. The van der Waals surface area contributed by atoms with E-state index in [1.54, 1.807) is 0 Å². The molecule has 0 heterocycles. The van der Waals surface area contributed by atoms with Crippen molar-refractivity contribution in [1.29, 1.82) is 0 Å². The molecule has 0 aliphatic heterocycles. The van der Waals surface area contributed by atoms with E-state index >= 15 is 0 Å². The van der Waals surface area contributed by atoms with E-state index in [1.165, 1.54) is 0 Å². The van der Waals surface area contributed by atoms with Gasteiger partial charge in [0.1, 0.15) is 5.75 Å². The van der Waals surface area contributed by atoms with E-state index in [4.69, 9.17) is 9.47 Å². The zero-order chi connectivity index (χ0) is 13.4. The summed E-state index contributed by atoms with van der Waals surface area (Å²) >= 11 is 0. The van der Waals surface area contributed by atoms with Crippen LogP contribution in [0.5, 0.6) is 5.75 Å². The molecule has 18 heavy (non-hydrogen) atoms. The fraction of sp³-hybridized carbons (Fsp3) is 0.500. The van der Waals surface area contributed by atoms with Gasteiger partial charge in [0.05, 0.1) is 6.61 Å². The third kappa shape index (κ3) is 5.37. The van der Waals surface area contributed by atoms with Crippen molar-refractivity contribution in [2.24, 2.45) is 5.92 Å². The lowest BCUT2D eigenvalue weighted by Crippen LogP contribution is -2.20. The molecule has 0 aliphatic rings. The van der Waals surface area contributed by atoms with Gasteiger partial charge in [-0.15, -0.1) is 0 Å². The van der Waals surface area contributed by atoms with Crippen molar-refractivity contribution < 1.29 is 9.47 Å². The average Bonchev–Trinajstić information content (AvgIpc) is 2.37. The van der Waals surface area contributed by atoms with Gasteiger partial charge in [-0.25, -0.2) is 0 Å². The lowest BCUT2D eigenvalue weighted by atomic mass is 10.1. The minimum Gasteiger partial charge on any atom is -0.465 e. The predicted molar refractivity (Wildman–Crippen MR) is 76.6 cm³/mol. The monoisotopic (exact) mass is 248 g/mol. The van der Waals surface area contributed by atoms with Crippen LogP contribution in [0.2, 0.25) is 0 Å². The van der Waals surface area contributed by atoms with Gasteiger partial charge in [-0.3, -0.25) is 0 Å². The molecule has 1 rings (SSSR count). The smallest absolute Gasteiger partial charge is 0.199 e. The normalized spacial score (nSPS) is 12.4. The van der Waals surface area contributed by atoms with Crippen LogP contribution in [0.15, 0.2) is 30.8 Å². The lowest BCUT2D eigenvalue weighted by Gasteiger charge is -2.19. The highest BCUT2D eigenvalue weighted by Gasteiger charge is 2.08. The molecule has 0 radical (unpaired) electrons. The highest BCUT2D eigenvalue weighted by atomic mass is 16.7. The van der Waals surface area contributed by atoms with Crippen molar-refractivity contribution in [1.82, 2.24) is 0 Å².